The average molecular weight is 281 g/mol. The highest BCUT2D eigenvalue weighted by Crippen LogP contribution is 2.36. The van der Waals surface area contributed by atoms with Gasteiger partial charge in [-0.25, -0.2) is 4.98 Å². The maximum atomic E-state index is 5.81. The van der Waals surface area contributed by atoms with Gasteiger partial charge in [-0.15, -0.1) is 0 Å². The summed E-state index contributed by atoms with van der Waals surface area (Å²) in [6.45, 7) is 3.17. The second kappa shape index (κ2) is 6.27. The highest BCUT2D eigenvalue weighted by molar-refractivity contribution is 5.37. The molecule has 3 heteroatoms. The summed E-state index contributed by atoms with van der Waals surface area (Å²) in [6.07, 6.45) is 5.23. The van der Waals surface area contributed by atoms with Gasteiger partial charge in [-0.2, -0.15) is 0 Å². The molecule has 0 saturated carbocycles. The first-order valence-corrected chi connectivity index (χ1v) is 7.79. The van der Waals surface area contributed by atoms with Crippen LogP contribution in [0.3, 0.4) is 0 Å². The van der Waals surface area contributed by atoms with Crippen LogP contribution in [0.4, 0.5) is 5.82 Å². The number of nitrogen functional groups attached to an aromatic ring is 1. The number of nitrogens with one attached hydrogen (secondary N) is 1. The Labute approximate surface area is 126 Å². The number of nitrogens with zero attached hydrogens (tertiary/aromatic N) is 1. The van der Waals surface area contributed by atoms with E-state index in [1.807, 2.05) is 6.07 Å². The number of rotatable bonds is 5. The van der Waals surface area contributed by atoms with Crippen LogP contribution in [0, 0.1) is 0 Å². The van der Waals surface area contributed by atoms with E-state index in [1.165, 1.54) is 29.5 Å². The largest absolute Gasteiger partial charge is 0.384 e. The van der Waals surface area contributed by atoms with Gasteiger partial charge in [-0.05, 0) is 54.6 Å². The van der Waals surface area contributed by atoms with Crippen LogP contribution in [0.1, 0.15) is 36.0 Å². The number of benzene rings is 1. The van der Waals surface area contributed by atoms with Crippen molar-refractivity contribution in [2.24, 2.45) is 0 Å². The molecule has 1 aliphatic rings. The molecule has 1 aromatic heterocycles. The average Bonchev–Trinajstić information content (AvgIpc) is 2.91. The zero-order chi connectivity index (χ0) is 14.7. The Morgan fingerprint density at radius 3 is 3.00 bits per heavy atom. The lowest BCUT2D eigenvalue weighted by molar-refractivity contribution is 0.435. The van der Waals surface area contributed by atoms with Crippen molar-refractivity contribution in [2.75, 3.05) is 12.3 Å². The fourth-order valence-electron chi connectivity index (χ4n) is 3.50. The summed E-state index contributed by atoms with van der Waals surface area (Å²) in [6, 6.07) is 13.4. The van der Waals surface area contributed by atoms with Crippen LogP contribution in [0.15, 0.2) is 42.6 Å². The molecule has 2 aromatic rings. The minimum absolute atomic E-state index is 0.459. The standard InChI is InChI=1S/C18H23N3/c1-2-20-17(11-13-9-10-21-18(19)12-13)16-8-7-14-5-3-4-6-15(14)16/h3-6,9-10,12,16-17,20H,2,7-8,11H2,1H3,(H2,19,21). The van der Waals surface area contributed by atoms with Crippen LogP contribution in [-0.2, 0) is 12.8 Å². The van der Waals surface area contributed by atoms with E-state index in [4.69, 9.17) is 5.73 Å². The maximum Gasteiger partial charge on any atom is 0.123 e. The molecule has 2 unspecified atom stereocenters. The van der Waals surface area contributed by atoms with Crippen LogP contribution in [0.5, 0.6) is 0 Å². The molecule has 0 spiro atoms. The third-order valence-electron chi connectivity index (χ3n) is 4.43. The molecule has 2 atom stereocenters. The van der Waals surface area contributed by atoms with Crippen LogP contribution >= 0.6 is 0 Å². The lowest BCUT2D eigenvalue weighted by Gasteiger charge is -2.25. The predicted octanol–water partition coefficient (Wildman–Crippen LogP) is 2.91. The first kappa shape index (κ1) is 14.1. The Morgan fingerprint density at radius 2 is 2.19 bits per heavy atom. The van der Waals surface area contributed by atoms with E-state index in [1.54, 1.807) is 6.20 Å². The normalized spacial score (nSPS) is 18.4. The summed E-state index contributed by atoms with van der Waals surface area (Å²) in [4.78, 5) is 4.08. The van der Waals surface area contributed by atoms with Gasteiger partial charge in [0.05, 0.1) is 0 Å². The van der Waals surface area contributed by atoms with Gasteiger partial charge < -0.3 is 11.1 Å². The van der Waals surface area contributed by atoms with Crippen LogP contribution < -0.4 is 11.1 Å². The van der Waals surface area contributed by atoms with Gasteiger partial charge in [0.15, 0.2) is 0 Å². The number of likely N-dealkylation sites (N-methyl/N-ethyl adjacent to an activating group) is 1. The highest BCUT2D eigenvalue weighted by atomic mass is 14.9. The van der Waals surface area contributed by atoms with Crippen molar-refractivity contribution in [3.05, 3.63) is 59.3 Å². The van der Waals surface area contributed by atoms with Gasteiger partial charge in [-0.1, -0.05) is 31.2 Å². The summed E-state index contributed by atoms with van der Waals surface area (Å²) in [5, 5.41) is 3.67. The second-order valence-electron chi connectivity index (χ2n) is 5.80. The van der Waals surface area contributed by atoms with Crippen molar-refractivity contribution >= 4 is 5.82 Å². The molecule has 1 aromatic carbocycles. The molecule has 1 aliphatic carbocycles. The molecule has 0 radical (unpaired) electrons. The molecule has 0 bridgehead atoms. The predicted molar refractivity (Wildman–Crippen MR) is 87.3 cm³/mol. The van der Waals surface area contributed by atoms with Crippen LogP contribution in [0.25, 0.3) is 0 Å². The first-order valence-electron chi connectivity index (χ1n) is 7.79. The Balaban J connectivity index is 1.82. The molecule has 0 fully saturated rings. The molecule has 3 nitrogen and oxygen atoms in total. The van der Waals surface area contributed by atoms with Crippen molar-refractivity contribution < 1.29 is 0 Å². The quantitative estimate of drug-likeness (QED) is 0.886. The van der Waals surface area contributed by atoms with Crippen molar-refractivity contribution in [3.63, 3.8) is 0 Å². The van der Waals surface area contributed by atoms with E-state index >= 15 is 0 Å². The Hall–Kier alpha value is -1.87. The molecule has 3 N–H and O–H groups in total. The topological polar surface area (TPSA) is 50.9 Å². The summed E-state index contributed by atoms with van der Waals surface area (Å²) < 4.78 is 0. The zero-order valence-electron chi connectivity index (χ0n) is 12.5. The monoisotopic (exact) mass is 281 g/mol. The van der Waals surface area contributed by atoms with Gasteiger partial charge in [-0.3, -0.25) is 0 Å². The number of aromatic nitrogens is 1. The van der Waals surface area contributed by atoms with Crippen molar-refractivity contribution in [1.29, 1.82) is 0 Å². The summed E-state index contributed by atoms with van der Waals surface area (Å²) in [5.74, 6) is 1.20. The van der Waals surface area contributed by atoms with Gasteiger partial charge in [0.2, 0.25) is 0 Å². The number of nitrogens with two attached hydrogens (primary N) is 1. The molecule has 110 valence electrons. The summed E-state index contributed by atoms with van der Waals surface area (Å²) >= 11 is 0. The minimum atomic E-state index is 0.459. The minimum Gasteiger partial charge on any atom is -0.384 e. The fraction of sp³-hybridized carbons (Fsp3) is 0.389. The van der Waals surface area contributed by atoms with Crippen molar-refractivity contribution in [2.45, 2.75) is 38.1 Å². The van der Waals surface area contributed by atoms with E-state index < -0.39 is 0 Å². The maximum absolute atomic E-state index is 5.81. The van der Waals surface area contributed by atoms with E-state index in [-0.39, 0.29) is 0 Å². The Morgan fingerprint density at radius 1 is 1.33 bits per heavy atom. The number of aryl methyl sites for hydroxylation is 1. The Kier molecular flexibility index (Phi) is 4.20. The Bertz CT molecular complexity index is 609. The van der Waals surface area contributed by atoms with E-state index in [9.17, 15) is 0 Å². The van der Waals surface area contributed by atoms with Crippen molar-refractivity contribution in [3.8, 4) is 0 Å². The van der Waals surface area contributed by atoms with Gasteiger partial charge in [0.25, 0.3) is 0 Å². The van der Waals surface area contributed by atoms with Gasteiger partial charge in [0.1, 0.15) is 5.82 Å². The SMILES string of the molecule is CCNC(Cc1ccnc(N)c1)C1CCc2ccccc21. The zero-order valence-corrected chi connectivity index (χ0v) is 12.5. The highest BCUT2D eigenvalue weighted by Gasteiger charge is 2.29. The van der Waals surface area contributed by atoms with Gasteiger partial charge >= 0.3 is 0 Å². The van der Waals surface area contributed by atoms with E-state index in [0.29, 0.717) is 17.8 Å². The number of fused-ring (bicyclic) bond motifs is 1. The third-order valence-corrected chi connectivity index (χ3v) is 4.43. The molecule has 0 saturated heterocycles. The lowest BCUT2D eigenvalue weighted by atomic mass is 9.89. The molecular formula is C18H23N3. The number of hydrogen-bond donors (Lipinski definition) is 2. The van der Waals surface area contributed by atoms with Crippen LogP contribution in [-0.4, -0.2) is 17.6 Å². The molecular weight excluding hydrogens is 258 g/mol. The molecule has 0 amide bonds. The third kappa shape index (κ3) is 3.08. The molecule has 3 rings (SSSR count). The smallest absolute Gasteiger partial charge is 0.123 e. The van der Waals surface area contributed by atoms with Crippen LogP contribution in [0.2, 0.25) is 0 Å². The summed E-state index contributed by atoms with van der Waals surface area (Å²) in [5.41, 5.74) is 10.1. The van der Waals surface area contributed by atoms with Crippen molar-refractivity contribution in [1.82, 2.24) is 10.3 Å². The van der Waals surface area contributed by atoms with E-state index in [2.05, 4.69) is 47.6 Å². The number of hydrogen-bond acceptors (Lipinski definition) is 3. The summed E-state index contributed by atoms with van der Waals surface area (Å²) in [7, 11) is 0. The van der Waals surface area contributed by atoms with E-state index in [0.717, 1.165) is 13.0 Å². The number of pyridine rings is 1. The number of anilines is 1. The first-order chi connectivity index (χ1) is 10.3. The fourth-order valence-corrected chi connectivity index (χ4v) is 3.50. The molecule has 21 heavy (non-hydrogen) atoms. The molecule has 1 heterocycles. The lowest BCUT2D eigenvalue weighted by Crippen LogP contribution is -2.36. The van der Waals surface area contributed by atoms with Gasteiger partial charge in [0, 0.05) is 18.2 Å². The second-order valence-corrected chi connectivity index (χ2v) is 5.80. The molecule has 0 aliphatic heterocycles.